The molecule has 1 saturated heterocycles. The van der Waals surface area contributed by atoms with Crippen LogP contribution in [0.25, 0.3) is 21.8 Å². The number of likely N-dealkylation sites (tertiary alicyclic amines) is 1. The fourth-order valence-corrected chi connectivity index (χ4v) is 4.50. The summed E-state index contributed by atoms with van der Waals surface area (Å²) in [4.78, 5) is 2.63. The highest BCUT2D eigenvalue weighted by Crippen LogP contribution is 2.30. The average molecular weight is 350 g/mol. The van der Waals surface area contributed by atoms with Crippen molar-refractivity contribution in [2.75, 3.05) is 26.2 Å². The van der Waals surface area contributed by atoms with Crippen LogP contribution in [0.4, 0.5) is 0 Å². The lowest BCUT2D eigenvalue weighted by Gasteiger charge is -2.32. The molecule has 2 heterocycles. The third-order valence-corrected chi connectivity index (χ3v) is 5.95. The Morgan fingerprint density at radius 2 is 1.73 bits per heavy atom. The number of aromatic nitrogens is 1. The van der Waals surface area contributed by atoms with Crippen molar-refractivity contribution in [3.8, 4) is 0 Å². The molecule has 0 amide bonds. The average Bonchev–Trinajstić information content (AvgIpc) is 3.00. The second-order valence-electron chi connectivity index (χ2n) is 7.64. The van der Waals surface area contributed by atoms with Crippen molar-refractivity contribution in [3.05, 3.63) is 48.0 Å². The summed E-state index contributed by atoms with van der Waals surface area (Å²) in [6.45, 7) is 11.3. The predicted octanol–water partition coefficient (Wildman–Crippen LogP) is 4.64. The van der Waals surface area contributed by atoms with Gasteiger partial charge in [-0.15, -0.1) is 0 Å². The van der Waals surface area contributed by atoms with Crippen LogP contribution in [0.15, 0.2) is 42.5 Å². The normalized spacial score (nSPS) is 16.7. The molecule has 1 aliphatic heterocycles. The van der Waals surface area contributed by atoms with Gasteiger partial charge >= 0.3 is 0 Å². The fourth-order valence-electron chi connectivity index (χ4n) is 4.50. The Morgan fingerprint density at radius 3 is 2.50 bits per heavy atom. The first kappa shape index (κ1) is 17.6. The van der Waals surface area contributed by atoms with E-state index < -0.39 is 0 Å². The monoisotopic (exact) mass is 349 g/mol. The topological polar surface area (TPSA) is 20.2 Å². The van der Waals surface area contributed by atoms with Crippen molar-refractivity contribution in [1.82, 2.24) is 14.8 Å². The number of nitrogens with zero attached hydrogens (tertiary/aromatic N) is 2. The van der Waals surface area contributed by atoms with Crippen LogP contribution in [-0.4, -0.2) is 35.6 Å². The molecule has 26 heavy (non-hydrogen) atoms. The van der Waals surface area contributed by atoms with E-state index in [0.29, 0.717) is 0 Å². The highest BCUT2D eigenvalue weighted by Gasteiger charge is 2.19. The molecule has 0 aliphatic carbocycles. The summed E-state index contributed by atoms with van der Waals surface area (Å²) in [6.07, 6.45) is 2.65. The molecule has 1 N–H and O–H groups in total. The summed E-state index contributed by atoms with van der Waals surface area (Å²) in [5.41, 5.74) is 4.16. The van der Waals surface area contributed by atoms with E-state index in [1.54, 1.807) is 0 Å². The first-order chi connectivity index (χ1) is 12.8. The lowest BCUT2D eigenvalue weighted by atomic mass is 9.96. The lowest BCUT2D eigenvalue weighted by molar-refractivity contribution is 0.176. The van der Waals surface area contributed by atoms with Gasteiger partial charge in [0.15, 0.2) is 0 Å². The molecule has 0 saturated carbocycles. The number of rotatable bonds is 6. The quantitative estimate of drug-likeness (QED) is 0.700. The Balaban J connectivity index is 1.52. The number of aryl methyl sites for hydroxylation is 1. The molecule has 1 fully saturated rings. The van der Waals surface area contributed by atoms with E-state index in [-0.39, 0.29) is 0 Å². The summed E-state index contributed by atoms with van der Waals surface area (Å²) in [6, 6.07) is 15.9. The molecule has 0 bridgehead atoms. The zero-order valence-corrected chi connectivity index (χ0v) is 16.2. The molecule has 3 heteroatoms. The Morgan fingerprint density at radius 1 is 0.962 bits per heavy atom. The van der Waals surface area contributed by atoms with Crippen LogP contribution in [0.1, 0.15) is 32.3 Å². The van der Waals surface area contributed by atoms with Crippen molar-refractivity contribution in [2.45, 2.75) is 39.8 Å². The molecular formula is C23H31N3. The third kappa shape index (κ3) is 3.38. The number of hydrogen-bond acceptors (Lipinski definition) is 2. The molecule has 1 aromatic heterocycles. The zero-order chi connectivity index (χ0) is 17.9. The Bertz CT molecular complexity index is 872. The molecule has 4 rings (SSSR count). The van der Waals surface area contributed by atoms with Crippen molar-refractivity contribution >= 4 is 21.8 Å². The number of fused-ring (bicyclic) bond motifs is 3. The van der Waals surface area contributed by atoms with Gasteiger partial charge in [0.1, 0.15) is 0 Å². The summed E-state index contributed by atoms with van der Waals surface area (Å²) in [5.74, 6) is 0.858. The maximum atomic E-state index is 3.51. The van der Waals surface area contributed by atoms with Gasteiger partial charge in [0.05, 0.1) is 0 Å². The Labute approximate surface area is 157 Å². The van der Waals surface area contributed by atoms with Crippen LogP contribution in [0.3, 0.4) is 0 Å². The number of piperidine rings is 1. The van der Waals surface area contributed by atoms with E-state index in [2.05, 4.69) is 71.1 Å². The van der Waals surface area contributed by atoms with Crippen LogP contribution < -0.4 is 5.32 Å². The summed E-state index contributed by atoms with van der Waals surface area (Å²) >= 11 is 0. The molecule has 0 radical (unpaired) electrons. The summed E-state index contributed by atoms with van der Waals surface area (Å²) < 4.78 is 2.43. The summed E-state index contributed by atoms with van der Waals surface area (Å²) in [7, 11) is 0. The van der Waals surface area contributed by atoms with Gasteiger partial charge in [0.25, 0.3) is 0 Å². The van der Waals surface area contributed by atoms with Crippen LogP contribution in [-0.2, 0) is 13.1 Å². The molecule has 0 spiro atoms. The largest absolute Gasteiger partial charge is 0.341 e. The van der Waals surface area contributed by atoms with E-state index in [0.717, 1.165) is 25.6 Å². The molecule has 3 nitrogen and oxygen atoms in total. The van der Waals surface area contributed by atoms with Gasteiger partial charge in [-0.3, -0.25) is 4.90 Å². The van der Waals surface area contributed by atoms with Gasteiger partial charge in [0.2, 0.25) is 0 Å². The lowest BCUT2D eigenvalue weighted by Crippen LogP contribution is -2.36. The Hall–Kier alpha value is -1.84. The molecule has 0 unspecified atom stereocenters. The van der Waals surface area contributed by atoms with Crippen LogP contribution >= 0.6 is 0 Å². The molecule has 1 aliphatic rings. The Kier molecular flexibility index (Phi) is 5.28. The smallest absolute Gasteiger partial charge is 0.0491 e. The van der Waals surface area contributed by atoms with Gasteiger partial charge < -0.3 is 9.88 Å². The van der Waals surface area contributed by atoms with Crippen molar-refractivity contribution in [3.63, 3.8) is 0 Å². The van der Waals surface area contributed by atoms with Gasteiger partial charge in [-0.25, -0.2) is 0 Å². The molecule has 138 valence electrons. The standard InChI is InChI=1S/C23H31N3/c1-3-24-16-18-11-13-25(14-12-18)17-19-9-10-23-21(15-19)20-7-5-6-8-22(20)26(23)4-2/h5-10,15,18,24H,3-4,11-14,16-17H2,1-2H3. The first-order valence-corrected chi connectivity index (χ1v) is 10.2. The number of nitrogens with one attached hydrogen (secondary N) is 1. The van der Waals surface area contributed by atoms with Crippen LogP contribution in [0.2, 0.25) is 0 Å². The van der Waals surface area contributed by atoms with Crippen LogP contribution in [0.5, 0.6) is 0 Å². The van der Waals surface area contributed by atoms with E-state index in [1.165, 1.54) is 59.8 Å². The first-order valence-electron chi connectivity index (χ1n) is 10.2. The minimum absolute atomic E-state index is 0.858. The number of benzene rings is 2. The maximum Gasteiger partial charge on any atom is 0.0491 e. The van der Waals surface area contributed by atoms with Gasteiger partial charge in [-0.2, -0.15) is 0 Å². The zero-order valence-electron chi connectivity index (χ0n) is 16.2. The van der Waals surface area contributed by atoms with Gasteiger partial charge in [-0.1, -0.05) is 31.2 Å². The van der Waals surface area contributed by atoms with E-state index in [4.69, 9.17) is 0 Å². The van der Waals surface area contributed by atoms with E-state index in [1.807, 2.05) is 0 Å². The second-order valence-corrected chi connectivity index (χ2v) is 7.64. The number of para-hydroxylation sites is 1. The van der Waals surface area contributed by atoms with Crippen LogP contribution in [0, 0.1) is 5.92 Å². The number of hydrogen-bond donors (Lipinski definition) is 1. The predicted molar refractivity (Wildman–Crippen MR) is 112 cm³/mol. The van der Waals surface area contributed by atoms with E-state index >= 15 is 0 Å². The molecular weight excluding hydrogens is 318 g/mol. The fraction of sp³-hybridized carbons (Fsp3) is 0.478. The minimum Gasteiger partial charge on any atom is -0.341 e. The summed E-state index contributed by atoms with van der Waals surface area (Å²) in [5, 5.41) is 6.30. The minimum atomic E-state index is 0.858. The van der Waals surface area contributed by atoms with Crippen molar-refractivity contribution in [1.29, 1.82) is 0 Å². The van der Waals surface area contributed by atoms with Crippen molar-refractivity contribution < 1.29 is 0 Å². The second kappa shape index (κ2) is 7.81. The SMILES string of the molecule is CCNCC1CCN(Cc2ccc3c(c2)c2ccccc2n3CC)CC1. The van der Waals surface area contributed by atoms with Crippen molar-refractivity contribution in [2.24, 2.45) is 5.92 Å². The maximum absolute atomic E-state index is 3.51. The van der Waals surface area contributed by atoms with Gasteiger partial charge in [0, 0.05) is 34.9 Å². The van der Waals surface area contributed by atoms with E-state index in [9.17, 15) is 0 Å². The van der Waals surface area contributed by atoms with Gasteiger partial charge in [-0.05, 0) is 75.6 Å². The molecule has 2 aromatic carbocycles. The highest BCUT2D eigenvalue weighted by atomic mass is 15.1. The highest BCUT2D eigenvalue weighted by molar-refractivity contribution is 6.08. The molecule has 3 aromatic rings. The molecule has 0 atom stereocenters. The third-order valence-electron chi connectivity index (χ3n) is 5.95.